The molecule has 0 saturated carbocycles. The fourth-order valence-electron chi connectivity index (χ4n) is 4.39. The Labute approximate surface area is 191 Å². The van der Waals surface area contributed by atoms with Crippen LogP contribution < -0.4 is 15.2 Å². The fourth-order valence-corrected chi connectivity index (χ4v) is 4.39. The van der Waals surface area contributed by atoms with Crippen LogP contribution >= 0.6 is 0 Å². The number of carbonyl (C=O) groups is 1. The quantitative estimate of drug-likeness (QED) is 0.291. The molecule has 0 bridgehead atoms. The van der Waals surface area contributed by atoms with Gasteiger partial charge in [-0.15, -0.1) is 0 Å². The van der Waals surface area contributed by atoms with Crippen LogP contribution in [0.4, 0.5) is 10.7 Å². The van der Waals surface area contributed by atoms with Gasteiger partial charge in [0.1, 0.15) is 5.75 Å². The molecule has 4 rings (SSSR count). The van der Waals surface area contributed by atoms with E-state index >= 15 is 0 Å². The molecule has 0 aliphatic carbocycles. The molecule has 2 aromatic carbocycles. The molecule has 4 aromatic rings. The molecule has 0 saturated heterocycles. The Morgan fingerprint density at radius 3 is 2.58 bits per heavy atom. The van der Waals surface area contributed by atoms with Gasteiger partial charge in [-0.2, -0.15) is 0 Å². The van der Waals surface area contributed by atoms with Gasteiger partial charge in [0.05, 0.1) is 23.0 Å². The second-order valence-corrected chi connectivity index (χ2v) is 8.16. The van der Waals surface area contributed by atoms with Crippen molar-refractivity contribution in [3.8, 4) is 5.75 Å². The third-order valence-corrected chi connectivity index (χ3v) is 6.08. The lowest BCUT2D eigenvalue weighted by atomic mass is 9.99. The van der Waals surface area contributed by atoms with E-state index in [-0.39, 0.29) is 12.2 Å². The maximum absolute atomic E-state index is 13.2. The highest BCUT2D eigenvalue weighted by molar-refractivity contribution is 6.16. The van der Waals surface area contributed by atoms with Gasteiger partial charge in [0.2, 0.25) is 5.95 Å². The minimum atomic E-state index is -0.736. The first-order chi connectivity index (χ1) is 15.9. The summed E-state index contributed by atoms with van der Waals surface area (Å²) in [5.41, 5.74) is 4.05. The molecule has 2 N–H and O–H groups in total. The molecule has 0 unspecified atom stereocenters. The van der Waals surface area contributed by atoms with Crippen LogP contribution in [0.3, 0.4) is 0 Å². The van der Waals surface area contributed by atoms with E-state index in [0.717, 1.165) is 58.9 Å². The molecule has 33 heavy (non-hydrogen) atoms. The fraction of sp³-hybridized carbons (Fsp3) is 0.400. The average molecular weight is 451 g/mol. The number of benzene rings is 2. The molecule has 0 amide bonds. The lowest BCUT2D eigenvalue weighted by Crippen LogP contribution is -2.28. The molecule has 174 valence electrons. The third-order valence-electron chi connectivity index (χ3n) is 6.08. The summed E-state index contributed by atoms with van der Waals surface area (Å²) in [6.07, 6.45) is 1.36. The van der Waals surface area contributed by atoms with Crippen LogP contribution in [0.25, 0.3) is 32.7 Å². The third kappa shape index (κ3) is 4.01. The van der Waals surface area contributed by atoms with E-state index in [9.17, 15) is 9.59 Å². The summed E-state index contributed by atoms with van der Waals surface area (Å²) in [5, 5.41) is 2.45. The van der Waals surface area contributed by atoms with Crippen LogP contribution in [-0.2, 0) is 4.74 Å². The summed E-state index contributed by atoms with van der Waals surface area (Å²) in [4.78, 5) is 38.4. The molecule has 0 fully saturated rings. The number of hydrogen-bond acceptors (Lipinski definition) is 6. The maximum atomic E-state index is 13.2. The van der Waals surface area contributed by atoms with E-state index < -0.39 is 6.16 Å². The van der Waals surface area contributed by atoms with Crippen LogP contribution in [0.5, 0.6) is 5.75 Å². The second kappa shape index (κ2) is 9.13. The first-order valence-corrected chi connectivity index (χ1v) is 11.5. The topological polar surface area (TPSA) is 100 Å². The van der Waals surface area contributed by atoms with E-state index in [4.69, 9.17) is 14.5 Å². The number of ether oxygens (including phenoxy) is 2. The molecule has 0 aliphatic heterocycles. The van der Waals surface area contributed by atoms with Crippen molar-refractivity contribution in [2.24, 2.45) is 0 Å². The number of unbranched alkanes of at least 4 members (excludes halogenated alkanes) is 1. The Morgan fingerprint density at radius 1 is 1.09 bits per heavy atom. The number of rotatable bonds is 7. The molecule has 8 heteroatoms. The smallest absolute Gasteiger partial charge is 0.434 e. The van der Waals surface area contributed by atoms with Crippen molar-refractivity contribution < 1.29 is 14.3 Å². The second-order valence-electron chi connectivity index (χ2n) is 8.16. The molecule has 2 aromatic heterocycles. The Morgan fingerprint density at radius 2 is 1.88 bits per heavy atom. The van der Waals surface area contributed by atoms with Crippen LogP contribution in [0, 0.1) is 13.8 Å². The Bertz CT molecular complexity index is 1400. The zero-order valence-corrected chi connectivity index (χ0v) is 19.8. The number of aromatic nitrogens is 3. The number of fused-ring (bicyclic) bond motifs is 4. The van der Waals surface area contributed by atoms with Crippen LogP contribution in [0.1, 0.15) is 44.7 Å². The minimum absolute atomic E-state index is 0.141. The van der Waals surface area contributed by atoms with Crippen LogP contribution in [-0.4, -0.2) is 40.8 Å². The van der Waals surface area contributed by atoms with Crippen molar-refractivity contribution in [3.05, 3.63) is 39.7 Å². The van der Waals surface area contributed by atoms with Gasteiger partial charge in [-0.1, -0.05) is 13.3 Å². The summed E-state index contributed by atoms with van der Waals surface area (Å²) >= 11 is 0. The number of nitrogens with one attached hydrogen (secondary N) is 2. The van der Waals surface area contributed by atoms with Gasteiger partial charge in [-0.05, 0) is 63.4 Å². The van der Waals surface area contributed by atoms with E-state index in [2.05, 4.69) is 28.7 Å². The van der Waals surface area contributed by atoms with E-state index in [1.807, 2.05) is 26.0 Å². The van der Waals surface area contributed by atoms with Crippen molar-refractivity contribution in [2.75, 3.05) is 24.6 Å². The summed E-state index contributed by atoms with van der Waals surface area (Å²) in [6.45, 7) is 11.7. The van der Waals surface area contributed by atoms with Crippen molar-refractivity contribution in [1.82, 2.24) is 15.0 Å². The standard InChI is InChI=1S/C25H30N4O4/c1-6-9-12-29(7-2)24-27-22-14(4)19-17-13-16(33-25(31)32-8-3)10-11-18(17)26-21(19)15(5)20(22)23(30)28-24/h10-11,13,26H,6-9,12H2,1-5H3,(H,27,28,30). The average Bonchev–Trinajstić information content (AvgIpc) is 3.17. The number of nitrogens with zero attached hydrogens (tertiary/aromatic N) is 2. The monoisotopic (exact) mass is 450 g/mol. The van der Waals surface area contributed by atoms with Crippen molar-refractivity contribution in [1.29, 1.82) is 0 Å². The number of carbonyl (C=O) groups excluding carboxylic acids is 1. The lowest BCUT2D eigenvalue weighted by molar-refractivity contribution is 0.104. The largest absolute Gasteiger partial charge is 0.513 e. The summed E-state index contributed by atoms with van der Waals surface area (Å²) in [6, 6.07) is 5.40. The first kappa shape index (κ1) is 22.6. The normalized spacial score (nSPS) is 11.4. The number of aryl methyl sites for hydroxylation is 2. The molecule has 0 spiro atoms. The summed E-state index contributed by atoms with van der Waals surface area (Å²) in [5.74, 6) is 0.992. The van der Waals surface area contributed by atoms with Crippen LogP contribution in [0.15, 0.2) is 23.0 Å². The van der Waals surface area contributed by atoms with Gasteiger partial charge < -0.3 is 19.4 Å². The Balaban J connectivity index is 1.95. The van der Waals surface area contributed by atoms with E-state index in [1.165, 1.54) is 0 Å². The predicted octanol–water partition coefficient (Wildman–Crippen LogP) is 5.34. The molecular formula is C25H30N4O4. The van der Waals surface area contributed by atoms with Crippen molar-refractivity contribution in [3.63, 3.8) is 0 Å². The number of hydrogen-bond donors (Lipinski definition) is 2. The predicted molar refractivity (Wildman–Crippen MR) is 132 cm³/mol. The highest BCUT2D eigenvalue weighted by Crippen LogP contribution is 2.36. The van der Waals surface area contributed by atoms with Crippen molar-refractivity contribution in [2.45, 2.75) is 47.5 Å². The molecule has 2 heterocycles. The number of H-pyrrole nitrogens is 2. The van der Waals surface area contributed by atoms with Gasteiger partial charge in [0.25, 0.3) is 5.56 Å². The first-order valence-electron chi connectivity index (χ1n) is 11.5. The minimum Gasteiger partial charge on any atom is -0.434 e. The number of aromatic amines is 2. The van der Waals surface area contributed by atoms with Gasteiger partial charge >= 0.3 is 6.16 Å². The molecule has 8 nitrogen and oxygen atoms in total. The van der Waals surface area contributed by atoms with E-state index in [0.29, 0.717) is 22.6 Å². The maximum Gasteiger partial charge on any atom is 0.513 e. The Hall–Kier alpha value is -3.55. The van der Waals surface area contributed by atoms with Gasteiger partial charge in [-0.3, -0.25) is 9.78 Å². The van der Waals surface area contributed by atoms with E-state index in [1.54, 1.807) is 13.0 Å². The lowest BCUT2D eigenvalue weighted by Gasteiger charge is -2.21. The zero-order valence-electron chi connectivity index (χ0n) is 19.8. The molecular weight excluding hydrogens is 420 g/mol. The summed E-state index contributed by atoms with van der Waals surface area (Å²) < 4.78 is 10.2. The van der Waals surface area contributed by atoms with Gasteiger partial charge in [-0.25, -0.2) is 9.78 Å². The van der Waals surface area contributed by atoms with Gasteiger partial charge in [0.15, 0.2) is 0 Å². The van der Waals surface area contributed by atoms with Crippen LogP contribution in [0.2, 0.25) is 0 Å². The summed E-state index contributed by atoms with van der Waals surface area (Å²) in [7, 11) is 0. The molecule has 0 aliphatic rings. The van der Waals surface area contributed by atoms with Gasteiger partial charge in [0, 0.05) is 29.4 Å². The highest BCUT2D eigenvalue weighted by Gasteiger charge is 2.20. The number of anilines is 1. The Kier molecular flexibility index (Phi) is 6.26. The molecule has 0 radical (unpaired) electrons. The van der Waals surface area contributed by atoms with Crippen molar-refractivity contribution >= 4 is 44.8 Å². The highest BCUT2D eigenvalue weighted by atomic mass is 16.7. The molecule has 0 atom stereocenters. The SMILES string of the molecule is CCCCN(CC)c1nc2c(C)c3c([nH]c4ccc(OC(=O)OCC)cc43)c(C)c2c(=O)[nH]1. The zero-order chi connectivity index (χ0) is 23.7.